The maximum atomic E-state index is 13.7. The van der Waals surface area contributed by atoms with E-state index in [0.717, 1.165) is 11.1 Å². The number of imide groups is 1. The second-order valence-electron chi connectivity index (χ2n) is 8.76. The van der Waals surface area contributed by atoms with Crippen LogP contribution in [0.4, 0.5) is 4.79 Å². The lowest BCUT2D eigenvalue weighted by Crippen LogP contribution is -2.57. The number of urea groups is 1. The van der Waals surface area contributed by atoms with Gasteiger partial charge in [0.25, 0.3) is 5.91 Å². The second-order valence-corrected chi connectivity index (χ2v) is 9.17. The van der Waals surface area contributed by atoms with Crippen LogP contribution >= 0.6 is 11.6 Å². The maximum Gasteiger partial charge on any atom is 0.328 e. The number of phenols is 1. The molecule has 2 aliphatic rings. The van der Waals surface area contributed by atoms with Gasteiger partial charge in [0.15, 0.2) is 0 Å². The van der Waals surface area contributed by atoms with Crippen LogP contribution < -0.4 is 4.74 Å². The Labute approximate surface area is 204 Å². The predicted molar refractivity (Wildman–Crippen MR) is 128 cm³/mol. The molecule has 2 saturated heterocycles. The first-order valence-electron chi connectivity index (χ1n) is 11.3. The van der Waals surface area contributed by atoms with E-state index in [-0.39, 0.29) is 24.2 Å². The Hall–Kier alpha value is -2.81. The summed E-state index contributed by atoms with van der Waals surface area (Å²) >= 11 is 6.05. The molecule has 0 aliphatic carbocycles. The second kappa shape index (κ2) is 10.2. The van der Waals surface area contributed by atoms with Gasteiger partial charge in [-0.1, -0.05) is 29.8 Å². The Morgan fingerprint density at radius 3 is 2.44 bits per heavy atom. The Bertz CT molecular complexity index is 1050. The minimum absolute atomic E-state index is 0.0583. The molecule has 0 unspecified atom stereocenters. The van der Waals surface area contributed by atoms with Crippen LogP contribution in [0.2, 0.25) is 5.02 Å². The monoisotopic (exact) mass is 487 g/mol. The van der Waals surface area contributed by atoms with Gasteiger partial charge in [-0.3, -0.25) is 14.6 Å². The third-order valence-electron chi connectivity index (χ3n) is 6.72. The van der Waals surface area contributed by atoms with Gasteiger partial charge in [0.2, 0.25) is 0 Å². The van der Waals surface area contributed by atoms with Crippen molar-refractivity contribution in [2.45, 2.75) is 31.5 Å². The number of rotatable bonds is 8. The molecule has 34 heavy (non-hydrogen) atoms. The number of carbonyl (C=O) groups is 2. The number of halogens is 1. The molecule has 182 valence electrons. The van der Waals surface area contributed by atoms with Crippen LogP contribution in [0.15, 0.2) is 42.5 Å². The minimum Gasteiger partial charge on any atom is -0.506 e. The van der Waals surface area contributed by atoms with Gasteiger partial charge in [-0.2, -0.15) is 0 Å². The summed E-state index contributed by atoms with van der Waals surface area (Å²) in [5.74, 6) is 0.594. The molecule has 0 radical (unpaired) electrons. The molecule has 4 rings (SSSR count). The van der Waals surface area contributed by atoms with E-state index in [9.17, 15) is 14.7 Å². The molecule has 1 N–H and O–H groups in total. The van der Waals surface area contributed by atoms with Gasteiger partial charge in [-0.15, -0.1) is 0 Å². The number of hydrogen-bond acceptors (Lipinski definition) is 6. The lowest BCUT2D eigenvalue weighted by atomic mass is 9.85. The number of amides is 3. The van der Waals surface area contributed by atoms with Crippen molar-refractivity contribution in [3.8, 4) is 11.5 Å². The van der Waals surface area contributed by atoms with Crippen LogP contribution in [0.1, 0.15) is 24.0 Å². The van der Waals surface area contributed by atoms with Crippen LogP contribution in [0.3, 0.4) is 0 Å². The summed E-state index contributed by atoms with van der Waals surface area (Å²) in [6.07, 6.45) is 1.09. The average Bonchev–Trinajstić information content (AvgIpc) is 3.02. The summed E-state index contributed by atoms with van der Waals surface area (Å²) in [5.41, 5.74) is 0.965. The molecule has 0 saturated carbocycles. The number of nitrogens with zero attached hydrogens (tertiary/aromatic N) is 3. The smallest absolute Gasteiger partial charge is 0.328 e. The van der Waals surface area contributed by atoms with E-state index < -0.39 is 5.54 Å². The third-order valence-corrected chi connectivity index (χ3v) is 7.02. The first-order valence-corrected chi connectivity index (χ1v) is 11.7. The number of carbonyl (C=O) groups excluding carboxylic acids is 2. The van der Waals surface area contributed by atoms with Crippen molar-refractivity contribution in [1.82, 2.24) is 14.7 Å². The quantitative estimate of drug-likeness (QED) is 0.574. The molecule has 9 heteroatoms. The largest absolute Gasteiger partial charge is 0.506 e. The molecule has 2 aromatic carbocycles. The van der Waals surface area contributed by atoms with Crippen LogP contribution in [0.25, 0.3) is 0 Å². The van der Waals surface area contributed by atoms with Crippen molar-refractivity contribution in [3.63, 3.8) is 0 Å². The van der Waals surface area contributed by atoms with Crippen molar-refractivity contribution in [2.24, 2.45) is 0 Å². The van der Waals surface area contributed by atoms with Gasteiger partial charge < -0.3 is 19.5 Å². The van der Waals surface area contributed by atoms with Crippen LogP contribution in [0, 0.1) is 0 Å². The third kappa shape index (κ3) is 4.71. The average molecular weight is 488 g/mol. The van der Waals surface area contributed by atoms with Crippen molar-refractivity contribution in [3.05, 3.63) is 58.6 Å². The minimum atomic E-state index is -0.864. The lowest BCUT2D eigenvalue weighted by Gasteiger charge is -2.42. The highest BCUT2D eigenvalue weighted by molar-refractivity contribution is 6.32. The summed E-state index contributed by atoms with van der Waals surface area (Å²) in [4.78, 5) is 32.4. The van der Waals surface area contributed by atoms with Gasteiger partial charge >= 0.3 is 6.03 Å². The molecule has 0 atom stereocenters. The number of hydrogen-bond donors (Lipinski definition) is 1. The summed E-state index contributed by atoms with van der Waals surface area (Å²) in [5, 5.41) is 9.98. The van der Waals surface area contributed by atoms with Crippen LogP contribution in [-0.2, 0) is 22.6 Å². The first-order chi connectivity index (χ1) is 16.4. The molecule has 2 fully saturated rings. The van der Waals surface area contributed by atoms with E-state index >= 15 is 0 Å². The summed E-state index contributed by atoms with van der Waals surface area (Å²) in [7, 11) is 3.18. The number of methoxy groups -OCH3 is 2. The highest BCUT2D eigenvalue weighted by Gasteiger charge is 2.57. The number of piperidine rings is 1. The predicted octanol–water partition coefficient (Wildman–Crippen LogP) is 3.50. The number of likely N-dealkylation sites (tertiary alicyclic amines) is 1. The Morgan fingerprint density at radius 1 is 1.03 bits per heavy atom. The van der Waals surface area contributed by atoms with E-state index in [4.69, 9.17) is 21.1 Å². The Balaban J connectivity index is 1.51. The van der Waals surface area contributed by atoms with Gasteiger partial charge in [-0.05, 0) is 48.2 Å². The maximum absolute atomic E-state index is 13.7. The zero-order valence-corrected chi connectivity index (χ0v) is 20.3. The molecular weight excluding hydrogens is 458 g/mol. The molecule has 0 bridgehead atoms. The van der Waals surface area contributed by atoms with E-state index in [1.807, 2.05) is 30.3 Å². The lowest BCUT2D eigenvalue weighted by molar-refractivity contribution is -0.136. The fourth-order valence-corrected chi connectivity index (χ4v) is 5.04. The molecule has 3 amide bonds. The number of benzene rings is 2. The molecule has 2 aromatic rings. The van der Waals surface area contributed by atoms with E-state index in [0.29, 0.717) is 56.4 Å². The summed E-state index contributed by atoms with van der Waals surface area (Å²) in [6, 6.07) is 12.3. The summed E-state index contributed by atoms with van der Waals surface area (Å²) < 4.78 is 10.5. The van der Waals surface area contributed by atoms with Crippen molar-refractivity contribution >= 4 is 23.5 Å². The molecular formula is C25H30ClN3O5. The Morgan fingerprint density at radius 2 is 1.76 bits per heavy atom. The van der Waals surface area contributed by atoms with E-state index in [1.165, 1.54) is 4.90 Å². The summed E-state index contributed by atoms with van der Waals surface area (Å²) in [6.45, 7) is 2.91. The van der Waals surface area contributed by atoms with E-state index in [1.54, 1.807) is 31.3 Å². The van der Waals surface area contributed by atoms with Crippen LogP contribution in [-0.4, -0.2) is 77.7 Å². The van der Waals surface area contributed by atoms with Gasteiger partial charge in [0.1, 0.15) is 17.0 Å². The fourth-order valence-electron chi connectivity index (χ4n) is 4.84. The standard InChI is InChI=1S/C25H30ClN3O5/c1-33-13-12-29-24(32)28(17-18-4-3-5-20(14-18)34-2)23(31)25(29)8-10-27(11-9-25)16-19-6-7-22(30)21(26)15-19/h3-7,14-15,30H,8-13,16-17H2,1-2H3. The van der Waals surface area contributed by atoms with Crippen molar-refractivity contribution in [1.29, 1.82) is 0 Å². The van der Waals surface area contributed by atoms with Gasteiger partial charge in [0, 0.05) is 33.3 Å². The molecule has 0 aromatic heterocycles. The zero-order valence-electron chi connectivity index (χ0n) is 19.5. The first kappa shape index (κ1) is 24.3. The highest BCUT2D eigenvalue weighted by atomic mass is 35.5. The van der Waals surface area contributed by atoms with Gasteiger partial charge in [0.05, 0.1) is 25.3 Å². The Kier molecular flexibility index (Phi) is 7.30. The van der Waals surface area contributed by atoms with Crippen molar-refractivity contribution in [2.75, 3.05) is 40.5 Å². The van der Waals surface area contributed by atoms with E-state index in [2.05, 4.69) is 4.90 Å². The fraction of sp³-hybridized carbons (Fsp3) is 0.440. The highest BCUT2D eigenvalue weighted by Crippen LogP contribution is 2.38. The van der Waals surface area contributed by atoms with Crippen molar-refractivity contribution < 1.29 is 24.2 Å². The number of ether oxygens (including phenoxy) is 2. The zero-order chi connectivity index (χ0) is 24.3. The topological polar surface area (TPSA) is 82.6 Å². The van der Waals surface area contributed by atoms with Gasteiger partial charge in [-0.25, -0.2) is 4.79 Å². The normalized spacial score (nSPS) is 18.2. The molecule has 2 aliphatic heterocycles. The van der Waals surface area contributed by atoms with Crippen LogP contribution in [0.5, 0.6) is 11.5 Å². The molecule has 1 spiro atoms. The number of aromatic hydroxyl groups is 1. The molecule has 2 heterocycles. The molecule has 8 nitrogen and oxygen atoms in total. The SMILES string of the molecule is COCCN1C(=O)N(Cc2cccc(OC)c2)C(=O)C12CCN(Cc1ccc(O)c(Cl)c1)CC2. The number of phenolic OH excluding ortho intramolecular Hbond substituents is 1.